The number of pyridine rings is 1. The van der Waals surface area contributed by atoms with E-state index in [0.29, 0.717) is 11.8 Å². The molecule has 0 aliphatic carbocycles. The van der Waals surface area contributed by atoms with Crippen molar-refractivity contribution in [2.24, 2.45) is 5.92 Å². The second-order valence-electron chi connectivity index (χ2n) is 7.57. The van der Waals surface area contributed by atoms with Gasteiger partial charge in [-0.05, 0) is 24.9 Å². The third-order valence-electron chi connectivity index (χ3n) is 5.90. The Morgan fingerprint density at radius 2 is 1.96 bits per heavy atom. The third kappa shape index (κ3) is 2.47. The van der Waals surface area contributed by atoms with Crippen molar-refractivity contribution in [3.63, 3.8) is 0 Å². The Hall–Kier alpha value is -2.77. The summed E-state index contributed by atoms with van der Waals surface area (Å²) in [6.45, 7) is 2.73. The first-order valence-electron chi connectivity index (χ1n) is 9.32. The zero-order valence-electron chi connectivity index (χ0n) is 15.1. The van der Waals surface area contributed by atoms with E-state index in [4.69, 9.17) is 5.10 Å². The van der Waals surface area contributed by atoms with Crippen molar-refractivity contribution in [3.05, 3.63) is 58.8 Å². The molecule has 2 bridgehead atoms. The van der Waals surface area contributed by atoms with Gasteiger partial charge in [-0.3, -0.25) is 4.79 Å². The molecular formula is C20H19ClN6O. The fourth-order valence-corrected chi connectivity index (χ4v) is 4.68. The Bertz CT molecular complexity index is 1260. The predicted octanol–water partition coefficient (Wildman–Crippen LogP) is 2.23. The number of halogens is 1. The van der Waals surface area contributed by atoms with Gasteiger partial charge in [0, 0.05) is 47.1 Å². The van der Waals surface area contributed by atoms with Crippen LogP contribution in [0.3, 0.4) is 0 Å². The summed E-state index contributed by atoms with van der Waals surface area (Å²) in [4.78, 5) is 12.9. The molecule has 1 aromatic carbocycles. The molecule has 142 valence electrons. The Balaban J connectivity index is 0.00000171. The van der Waals surface area contributed by atoms with Gasteiger partial charge in [-0.1, -0.05) is 24.3 Å². The van der Waals surface area contributed by atoms with Crippen molar-refractivity contribution >= 4 is 28.8 Å². The van der Waals surface area contributed by atoms with E-state index >= 15 is 0 Å². The Labute approximate surface area is 166 Å². The SMILES string of the molecule is Cl.O=c1cc(-c2nn3cnnc3c3ccccc23)cc2n1C[C@@H]1CNC[C@H]2C1. The lowest BCUT2D eigenvalue weighted by Crippen LogP contribution is -2.44. The van der Waals surface area contributed by atoms with Gasteiger partial charge in [0.15, 0.2) is 5.65 Å². The number of benzene rings is 1. The van der Waals surface area contributed by atoms with E-state index in [0.717, 1.165) is 59.4 Å². The van der Waals surface area contributed by atoms with Gasteiger partial charge in [0.25, 0.3) is 5.56 Å². The second-order valence-corrected chi connectivity index (χ2v) is 7.57. The van der Waals surface area contributed by atoms with Crippen LogP contribution in [-0.2, 0) is 6.54 Å². The van der Waals surface area contributed by atoms with Crippen LogP contribution in [0.25, 0.3) is 27.7 Å². The molecule has 2 atom stereocenters. The van der Waals surface area contributed by atoms with Gasteiger partial charge < -0.3 is 9.88 Å². The largest absolute Gasteiger partial charge is 0.316 e. The lowest BCUT2D eigenvalue weighted by atomic mass is 9.83. The van der Waals surface area contributed by atoms with E-state index in [9.17, 15) is 4.79 Å². The van der Waals surface area contributed by atoms with E-state index in [2.05, 4.69) is 21.6 Å². The highest BCUT2D eigenvalue weighted by atomic mass is 35.5. The van der Waals surface area contributed by atoms with E-state index in [-0.39, 0.29) is 18.0 Å². The van der Waals surface area contributed by atoms with Gasteiger partial charge in [0.1, 0.15) is 6.33 Å². The molecule has 0 saturated carbocycles. The van der Waals surface area contributed by atoms with E-state index in [1.165, 1.54) is 0 Å². The lowest BCUT2D eigenvalue weighted by Gasteiger charge is -2.37. The Morgan fingerprint density at radius 1 is 1.11 bits per heavy atom. The van der Waals surface area contributed by atoms with Crippen molar-refractivity contribution in [1.29, 1.82) is 0 Å². The summed E-state index contributed by atoms with van der Waals surface area (Å²) < 4.78 is 3.65. The summed E-state index contributed by atoms with van der Waals surface area (Å²) in [5, 5.41) is 18.4. The summed E-state index contributed by atoms with van der Waals surface area (Å²) in [7, 11) is 0. The summed E-state index contributed by atoms with van der Waals surface area (Å²) in [5.41, 5.74) is 3.57. The molecule has 1 fully saturated rings. The average Bonchev–Trinajstić information content (AvgIpc) is 3.17. The molecule has 2 aliphatic heterocycles. The number of hydrogen-bond acceptors (Lipinski definition) is 5. The predicted molar refractivity (Wildman–Crippen MR) is 109 cm³/mol. The Kier molecular flexibility index (Phi) is 3.96. The van der Waals surface area contributed by atoms with Gasteiger partial charge >= 0.3 is 0 Å². The minimum Gasteiger partial charge on any atom is -0.316 e. The van der Waals surface area contributed by atoms with Crippen molar-refractivity contribution in [3.8, 4) is 11.3 Å². The molecule has 8 heteroatoms. The van der Waals surface area contributed by atoms with Crippen LogP contribution >= 0.6 is 12.4 Å². The quantitative estimate of drug-likeness (QED) is 0.535. The first kappa shape index (κ1) is 17.3. The van der Waals surface area contributed by atoms with Gasteiger partial charge in [0.2, 0.25) is 0 Å². The van der Waals surface area contributed by atoms with Crippen LogP contribution in [0, 0.1) is 5.92 Å². The summed E-state index contributed by atoms with van der Waals surface area (Å²) in [6, 6.07) is 11.9. The number of piperidine rings is 1. The molecule has 1 N–H and O–H groups in total. The van der Waals surface area contributed by atoms with Crippen LogP contribution in [0.15, 0.2) is 47.5 Å². The van der Waals surface area contributed by atoms with Gasteiger partial charge in [-0.2, -0.15) is 9.61 Å². The Morgan fingerprint density at radius 3 is 2.86 bits per heavy atom. The monoisotopic (exact) mass is 394 g/mol. The molecule has 0 radical (unpaired) electrons. The molecule has 0 unspecified atom stereocenters. The second kappa shape index (κ2) is 6.39. The maximum Gasteiger partial charge on any atom is 0.251 e. The first-order valence-corrected chi connectivity index (χ1v) is 9.32. The van der Waals surface area contributed by atoms with Crippen LogP contribution in [0.2, 0.25) is 0 Å². The number of fused-ring (bicyclic) bond motifs is 7. The van der Waals surface area contributed by atoms with Crippen LogP contribution < -0.4 is 10.9 Å². The molecule has 2 aliphatic rings. The summed E-state index contributed by atoms with van der Waals surface area (Å²) in [5.74, 6) is 0.933. The number of rotatable bonds is 1. The van der Waals surface area contributed by atoms with Crippen molar-refractivity contribution in [2.45, 2.75) is 18.9 Å². The zero-order chi connectivity index (χ0) is 18.0. The average molecular weight is 395 g/mol. The number of hydrogen-bond donors (Lipinski definition) is 1. The van der Waals surface area contributed by atoms with E-state index in [1.54, 1.807) is 16.9 Å². The topological polar surface area (TPSA) is 77.1 Å². The summed E-state index contributed by atoms with van der Waals surface area (Å²) >= 11 is 0. The zero-order valence-corrected chi connectivity index (χ0v) is 15.9. The van der Waals surface area contributed by atoms with E-state index in [1.807, 2.05) is 28.8 Å². The minimum absolute atomic E-state index is 0. The molecule has 0 spiro atoms. The van der Waals surface area contributed by atoms with Crippen molar-refractivity contribution < 1.29 is 0 Å². The molecule has 28 heavy (non-hydrogen) atoms. The maximum atomic E-state index is 12.9. The maximum absolute atomic E-state index is 12.9. The summed E-state index contributed by atoms with van der Waals surface area (Å²) in [6.07, 6.45) is 2.75. The highest BCUT2D eigenvalue weighted by molar-refractivity contribution is 6.01. The molecule has 3 aromatic heterocycles. The van der Waals surface area contributed by atoms with Crippen molar-refractivity contribution in [2.75, 3.05) is 13.1 Å². The third-order valence-corrected chi connectivity index (χ3v) is 5.90. The van der Waals surface area contributed by atoms with Crippen LogP contribution in [0.4, 0.5) is 0 Å². The number of aromatic nitrogens is 5. The van der Waals surface area contributed by atoms with E-state index < -0.39 is 0 Å². The van der Waals surface area contributed by atoms with Crippen LogP contribution in [0.5, 0.6) is 0 Å². The van der Waals surface area contributed by atoms with Crippen LogP contribution in [0.1, 0.15) is 18.0 Å². The molecular weight excluding hydrogens is 376 g/mol. The standard InChI is InChI=1S/C20H18N6O.ClH/c27-18-7-13(6-17-14-5-12(8-21-9-14)10-25(17)18)19-15-3-1-2-4-16(15)20-23-22-11-26(20)24-19;/h1-4,6-7,11-12,14,21H,5,8-10H2;1H/t12-,14+;/m0./s1. The van der Waals surface area contributed by atoms with Crippen molar-refractivity contribution in [1.82, 2.24) is 29.7 Å². The molecule has 1 saturated heterocycles. The molecule has 4 aromatic rings. The highest BCUT2D eigenvalue weighted by Gasteiger charge is 2.31. The molecule has 5 heterocycles. The number of nitrogens with one attached hydrogen (secondary N) is 1. The van der Waals surface area contributed by atoms with Gasteiger partial charge in [-0.15, -0.1) is 22.6 Å². The van der Waals surface area contributed by atoms with Gasteiger partial charge in [-0.25, -0.2) is 0 Å². The minimum atomic E-state index is 0. The fraction of sp³-hybridized carbons (Fsp3) is 0.300. The molecule has 7 nitrogen and oxygen atoms in total. The fourth-order valence-electron chi connectivity index (χ4n) is 4.68. The smallest absolute Gasteiger partial charge is 0.251 e. The normalized spacial score (nSPS) is 20.7. The number of nitrogens with zero attached hydrogens (tertiary/aromatic N) is 5. The molecule has 0 amide bonds. The lowest BCUT2D eigenvalue weighted by molar-refractivity contribution is 0.257. The van der Waals surface area contributed by atoms with Gasteiger partial charge in [0.05, 0.1) is 5.69 Å². The molecule has 6 rings (SSSR count). The van der Waals surface area contributed by atoms with Crippen LogP contribution in [-0.4, -0.2) is 37.5 Å². The highest BCUT2D eigenvalue weighted by Crippen LogP contribution is 2.35. The first-order chi connectivity index (χ1) is 13.3.